The summed E-state index contributed by atoms with van der Waals surface area (Å²) in [4.78, 5) is 12.4. The van der Waals surface area contributed by atoms with E-state index in [1.165, 1.54) is 4.68 Å². The third-order valence-corrected chi connectivity index (χ3v) is 4.14. The molecule has 1 aromatic carbocycles. The van der Waals surface area contributed by atoms with Crippen LogP contribution in [-0.4, -0.2) is 32.8 Å². The standard InChI is InChI=1S/C18H21N3O4/c1-10-6-5-7-11(2)17(10)24-9-14(22)8-21-18(23)16-15(12(3)19-21)13(4)25-20-16/h5-7,14,22H,8-9H2,1-4H3. The smallest absolute Gasteiger partial charge is 0.296 e. The zero-order valence-electron chi connectivity index (χ0n) is 14.7. The average Bonchev–Trinajstić information content (AvgIpc) is 2.94. The Morgan fingerprint density at radius 3 is 2.60 bits per heavy atom. The molecule has 1 N–H and O–H groups in total. The summed E-state index contributed by atoms with van der Waals surface area (Å²) in [6.45, 7) is 7.50. The molecule has 7 heteroatoms. The summed E-state index contributed by atoms with van der Waals surface area (Å²) in [5.41, 5.74) is 2.48. The topological polar surface area (TPSA) is 90.4 Å². The molecule has 1 atom stereocenters. The summed E-state index contributed by atoms with van der Waals surface area (Å²) in [5.74, 6) is 1.31. The highest BCUT2D eigenvalue weighted by atomic mass is 16.5. The van der Waals surface area contributed by atoms with E-state index in [1.807, 2.05) is 32.0 Å². The van der Waals surface area contributed by atoms with Crippen LogP contribution in [0.15, 0.2) is 27.5 Å². The Morgan fingerprint density at radius 2 is 1.92 bits per heavy atom. The lowest BCUT2D eigenvalue weighted by molar-refractivity contribution is 0.0874. The first-order valence-corrected chi connectivity index (χ1v) is 8.09. The zero-order valence-corrected chi connectivity index (χ0v) is 14.7. The summed E-state index contributed by atoms with van der Waals surface area (Å²) in [5, 5.41) is 19.0. The van der Waals surface area contributed by atoms with Crippen molar-refractivity contribution in [3.63, 3.8) is 0 Å². The van der Waals surface area contributed by atoms with Gasteiger partial charge in [0.15, 0.2) is 5.52 Å². The fourth-order valence-corrected chi connectivity index (χ4v) is 2.93. The van der Waals surface area contributed by atoms with Crippen LogP contribution in [0.4, 0.5) is 0 Å². The molecule has 0 saturated carbocycles. The van der Waals surface area contributed by atoms with E-state index in [-0.39, 0.29) is 24.2 Å². The van der Waals surface area contributed by atoms with Gasteiger partial charge in [0.25, 0.3) is 5.56 Å². The van der Waals surface area contributed by atoms with Crippen molar-refractivity contribution in [1.29, 1.82) is 0 Å². The van der Waals surface area contributed by atoms with Crippen LogP contribution in [0.5, 0.6) is 5.75 Å². The van der Waals surface area contributed by atoms with Gasteiger partial charge in [-0.3, -0.25) is 4.79 Å². The Morgan fingerprint density at radius 1 is 1.24 bits per heavy atom. The highest BCUT2D eigenvalue weighted by molar-refractivity contribution is 5.81. The fourth-order valence-electron chi connectivity index (χ4n) is 2.93. The predicted molar refractivity (Wildman–Crippen MR) is 93.0 cm³/mol. The van der Waals surface area contributed by atoms with Gasteiger partial charge >= 0.3 is 0 Å². The number of rotatable bonds is 5. The minimum Gasteiger partial charge on any atom is -0.490 e. The van der Waals surface area contributed by atoms with Crippen LogP contribution in [0.3, 0.4) is 0 Å². The Balaban J connectivity index is 1.77. The third-order valence-electron chi connectivity index (χ3n) is 4.14. The number of aliphatic hydroxyl groups is 1. The van der Waals surface area contributed by atoms with Crippen molar-refractivity contribution in [2.24, 2.45) is 0 Å². The van der Waals surface area contributed by atoms with Crippen LogP contribution in [-0.2, 0) is 6.54 Å². The molecule has 2 heterocycles. The van der Waals surface area contributed by atoms with Crippen LogP contribution in [0.25, 0.3) is 10.9 Å². The summed E-state index contributed by atoms with van der Waals surface area (Å²) >= 11 is 0. The first kappa shape index (κ1) is 17.2. The molecule has 0 saturated heterocycles. The summed E-state index contributed by atoms with van der Waals surface area (Å²) in [6, 6.07) is 5.85. The quantitative estimate of drug-likeness (QED) is 0.762. The first-order valence-electron chi connectivity index (χ1n) is 8.09. The minimum absolute atomic E-state index is 0.0203. The number of fused-ring (bicyclic) bond motifs is 1. The number of aliphatic hydroxyl groups excluding tert-OH is 1. The second kappa shape index (κ2) is 6.68. The molecule has 132 valence electrons. The Labute approximate surface area is 144 Å². The maximum Gasteiger partial charge on any atom is 0.296 e. The van der Waals surface area contributed by atoms with Crippen molar-refractivity contribution in [2.45, 2.75) is 40.3 Å². The van der Waals surface area contributed by atoms with Gasteiger partial charge in [0.2, 0.25) is 0 Å². The molecule has 0 radical (unpaired) electrons. The van der Waals surface area contributed by atoms with E-state index in [2.05, 4.69) is 10.3 Å². The largest absolute Gasteiger partial charge is 0.490 e. The lowest BCUT2D eigenvalue weighted by atomic mass is 10.1. The molecule has 0 aliphatic carbocycles. The second-order valence-electron chi connectivity index (χ2n) is 6.22. The molecule has 1 unspecified atom stereocenters. The van der Waals surface area contributed by atoms with Crippen molar-refractivity contribution in [2.75, 3.05) is 6.61 Å². The predicted octanol–water partition coefficient (Wildman–Crippen LogP) is 2.06. The Hall–Kier alpha value is -2.67. The van der Waals surface area contributed by atoms with Crippen LogP contribution in [0.1, 0.15) is 22.6 Å². The number of hydrogen-bond acceptors (Lipinski definition) is 6. The van der Waals surface area contributed by atoms with Crippen molar-refractivity contribution in [3.8, 4) is 5.75 Å². The van der Waals surface area contributed by atoms with Crippen molar-refractivity contribution < 1.29 is 14.4 Å². The van der Waals surface area contributed by atoms with E-state index in [9.17, 15) is 9.90 Å². The van der Waals surface area contributed by atoms with Crippen molar-refractivity contribution in [1.82, 2.24) is 14.9 Å². The maximum atomic E-state index is 12.4. The fraction of sp³-hybridized carbons (Fsp3) is 0.389. The molecular formula is C18H21N3O4. The van der Waals surface area contributed by atoms with Gasteiger partial charge in [0.05, 0.1) is 17.6 Å². The lowest BCUT2D eigenvalue weighted by Gasteiger charge is -2.16. The van der Waals surface area contributed by atoms with Crippen molar-refractivity contribution in [3.05, 3.63) is 51.1 Å². The van der Waals surface area contributed by atoms with Gasteiger partial charge in [-0.2, -0.15) is 5.10 Å². The van der Waals surface area contributed by atoms with Gasteiger partial charge in [-0.05, 0) is 38.8 Å². The summed E-state index contributed by atoms with van der Waals surface area (Å²) < 4.78 is 12.0. The molecule has 0 bridgehead atoms. The number of para-hydroxylation sites is 1. The maximum absolute atomic E-state index is 12.4. The van der Waals surface area contributed by atoms with Gasteiger partial charge in [0, 0.05) is 0 Å². The van der Waals surface area contributed by atoms with Gasteiger partial charge in [-0.25, -0.2) is 4.68 Å². The van der Waals surface area contributed by atoms with Gasteiger partial charge in [-0.1, -0.05) is 23.4 Å². The molecule has 25 heavy (non-hydrogen) atoms. The van der Waals surface area contributed by atoms with E-state index in [0.29, 0.717) is 16.8 Å². The molecule has 3 rings (SSSR count). The Kier molecular flexibility index (Phi) is 4.59. The number of hydrogen-bond donors (Lipinski definition) is 1. The molecule has 0 aliphatic rings. The van der Waals surface area contributed by atoms with Crippen molar-refractivity contribution >= 4 is 10.9 Å². The minimum atomic E-state index is -0.881. The zero-order chi connectivity index (χ0) is 18.1. The SMILES string of the molecule is Cc1cccc(C)c1OCC(O)Cn1nc(C)c2c(C)onc2c1=O. The monoisotopic (exact) mass is 343 g/mol. The Bertz CT molecular complexity index is 954. The summed E-state index contributed by atoms with van der Waals surface area (Å²) in [7, 11) is 0. The average molecular weight is 343 g/mol. The molecule has 0 fully saturated rings. The second-order valence-corrected chi connectivity index (χ2v) is 6.22. The van der Waals surface area contributed by atoms with Crippen LogP contribution in [0, 0.1) is 27.7 Å². The highest BCUT2D eigenvalue weighted by Crippen LogP contribution is 2.22. The van der Waals surface area contributed by atoms with E-state index in [0.717, 1.165) is 16.9 Å². The molecule has 2 aromatic heterocycles. The van der Waals surface area contributed by atoms with Crippen LogP contribution in [0.2, 0.25) is 0 Å². The molecule has 0 spiro atoms. The van der Waals surface area contributed by atoms with Gasteiger partial charge in [-0.15, -0.1) is 0 Å². The molecule has 0 aliphatic heterocycles. The number of benzene rings is 1. The third kappa shape index (κ3) is 3.28. The first-order chi connectivity index (χ1) is 11.9. The number of nitrogens with zero attached hydrogens (tertiary/aromatic N) is 3. The van der Waals surface area contributed by atoms with Crippen LogP contribution < -0.4 is 10.3 Å². The normalized spacial score (nSPS) is 12.5. The molecule has 7 nitrogen and oxygen atoms in total. The van der Waals surface area contributed by atoms with Gasteiger partial charge < -0.3 is 14.4 Å². The molecule has 3 aromatic rings. The molecular weight excluding hydrogens is 322 g/mol. The van der Waals surface area contributed by atoms with E-state index in [1.54, 1.807) is 13.8 Å². The number of aromatic nitrogens is 3. The number of ether oxygens (including phenoxy) is 1. The highest BCUT2D eigenvalue weighted by Gasteiger charge is 2.17. The number of aryl methyl sites for hydroxylation is 4. The van der Waals surface area contributed by atoms with Crippen LogP contribution >= 0.6 is 0 Å². The van der Waals surface area contributed by atoms with E-state index in [4.69, 9.17) is 9.26 Å². The summed E-state index contributed by atoms with van der Waals surface area (Å²) in [6.07, 6.45) is -0.881. The lowest BCUT2D eigenvalue weighted by Crippen LogP contribution is -2.32. The van der Waals surface area contributed by atoms with E-state index >= 15 is 0 Å². The molecule has 0 amide bonds. The van der Waals surface area contributed by atoms with Gasteiger partial charge in [0.1, 0.15) is 24.2 Å². The van der Waals surface area contributed by atoms with E-state index < -0.39 is 6.10 Å².